The third kappa shape index (κ3) is 2.03. The van der Waals surface area contributed by atoms with E-state index in [2.05, 4.69) is 45.8 Å². The van der Waals surface area contributed by atoms with Gasteiger partial charge in [-0.05, 0) is 0 Å². The standard InChI is InChI=1S/C14H16N6/c1-14(2,3)11-9(7-18-20(11)4)12-17-8-10-13(19-12)16-6-5-15-10/h5-8H,1-4H3. The monoisotopic (exact) mass is 268 g/mol. The average molecular weight is 268 g/mol. The predicted molar refractivity (Wildman–Crippen MR) is 76.0 cm³/mol. The van der Waals surface area contributed by atoms with Gasteiger partial charge < -0.3 is 0 Å². The molecular weight excluding hydrogens is 252 g/mol. The van der Waals surface area contributed by atoms with E-state index in [1.54, 1.807) is 24.8 Å². The molecule has 0 aromatic carbocycles. The lowest BCUT2D eigenvalue weighted by Crippen LogP contribution is -2.18. The number of rotatable bonds is 1. The lowest BCUT2D eigenvalue weighted by Gasteiger charge is -2.20. The fourth-order valence-electron chi connectivity index (χ4n) is 2.39. The van der Waals surface area contributed by atoms with Crippen LogP contribution in [-0.2, 0) is 12.5 Å². The fourth-order valence-corrected chi connectivity index (χ4v) is 2.39. The van der Waals surface area contributed by atoms with E-state index in [1.807, 2.05) is 11.7 Å². The van der Waals surface area contributed by atoms with E-state index in [4.69, 9.17) is 0 Å². The molecule has 0 fully saturated rings. The summed E-state index contributed by atoms with van der Waals surface area (Å²) in [5, 5.41) is 4.34. The van der Waals surface area contributed by atoms with E-state index in [0.29, 0.717) is 17.0 Å². The first-order valence-electron chi connectivity index (χ1n) is 6.43. The quantitative estimate of drug-likeness (QED) is 0.676. The molecule has 3 heterocycles. The molecule has 3 aromatic rings. The molecule has 0 spiro atoms. The molecule has 0 bridgehead atoms. The van der Waals surface area contributed by atoms with Crippen LogP contribution < -0.4 is 0 Å². The Morgan fingerprint density at radius 1 is 1.00 bits per heavy atom. The molecular formula is C14H16N6. The molecule has 0 radical (unpaired) electrons. The highest BCUT2D eigenvalue weighted by Crippen LogP contribution is 2.30. The summed E-state index contributed by atoms with van der Waals surface area (Å²) in [5.41, 5.74) is 3.29. The van der Waals surface area contributed by atoms with Crippen LogP contribution in [0.1, 0.15) is 26.5 Å². The molecule has 0 N–H and O–H groups in total. The van der Waals surface area contributed by atoms with Gasteiger partial charge >= 0.3 is 0 Å². The van der Waals surface area contributed by atoms with Gasteiger partial charge in [-0.25, -0.2) is 19.9 Å². The minimum absolute atomic E-state index is 0.0404. The number of hydrogen-bond donors (Lipinski definition) is 0. The van der Waals surface area contributed by atoms with Crippen molar-refractivity contribution in [2.45, 2.75) is 26.2 Å². The molecule has 0 saturated heterocycles. The molecule has 0 aliphatic heterocycles. The highest BCUT2D eigenvalue weighted by molar-refractivity contribution is 5.71. The van der Waals surface area contributed by atoms with E-state index in [9.17, 15) is 0 Å². The Morgan fingerprint density at radius 3 is 2.50 bits per heavy atom. The molecule has 0 unspecified atom stereocenters. The molecule has 6 nitrogen and oxygen atoms in total. The van der Waals surface area contributed by atoms with Gasteiger partial charge in [-0.2, -0.15) is 5.10 Å². The Kier molecular flexibility index (Phi) is 2.74. The minimum atomic E-state index is -0.0404. The van der Waals surface area contributed by atoms with Gasteiger partial charge in [0, 0.05) is 24.9 Å². The van der Waals surface area contributed by atoms with Crippen LogP contribution in [0.2, 0.25) is 0 Å². The second-order valence-corrected chi connectivity index (χ2v) is 5.74. The number of aromatic nitrogens is 6. The maximum atomic E-state index is 4.49. The lowest BCUT2D eigenvalue weighted by atomic mass is 9.89. The van der Waals surface area contributed by atoms with Gasteiger partial charge in [0.05, 0.1) is 23.7 Å². The van der Waals surface area contributed by atoms with Crippen LogP contribution in [0.25, 0.3) is 22.6 Å². The summed E-state index contributed by atoms with van der Waals surface area (Å²) in [7, 11) is 1.94. The summed E-state index contributed by atoms with van der Waals surface area (Å²) in [6.45, 7) is 6.44. The fraction of sp³-hybridized carbons (Fsp3) is 0.357. The largest absolute Gasteiger partial charge is 0.271 e. The van der Waals surface area contributed by atoms with E-state index in [-0.39, 0.29) is 5.41 Å². The van der Waals surface area contributed by atoms with Crippen LogP contribution in [0.4, 0.5) is 0 Å². The molecule has 0 saturated carbocycles. The zero-order valence-corrected chi connectivity index (χ0v) is 12.0. The molecule has 0 aliphatic carbocycles. The van der Waals surface area contributed by atoms with Gasteiger partial charge in [0.25, 0.3) is 0 Å². The maximum absolute atomic E-state index is 4.49. The Morgan fingerprint density at radius 2 is 1.75 bits per heavy atom. The first-order chi connectivity index (χ1) is 9.47. The van der Waals surface area contributed by atoms with Crippen molar-refractivity contribution in [1.29, 1.82) is 0 Å². The summed E-state index contributed by atoms with van der Waals surface area (Å²) < 4.78 is 1.87. The van der Waals surface area contributed by atoms with E-state index in [1.165, 1.54) is 0 Å². The van der Waals surface area contributed by atoms with Crippen molar-refractivity contribution in [2.24, 2.45) is 7.05 Å². The van der Waals surface area contributed by atoms with E-state index >= 15 is 0 Å². The summed E-state index contributed by atoms with van der Waals surface area (Å²) in [5.74, 6) is 0.635. The van der Waals surface area contributed by atoms with Gasteiger partial charge in [-0.1, -0.05) is 20.8 Å². The highest BCUT2D eigenvalue weighted by Gasteiger charge is 2.24. The average Bonchev–Trinajstić information content (AvgIpc) is 2.80. The molecule has 0 aliphatic rings. The van der Waals surface area contributed by atoms with Crippen molar-refractivity contribution in [2.75, 3.05) is 0 Å². The molecule has 0 atom stereocenters. The third-order valence-corrected chi connectivity index (χ3v) is 3.12. The predicted octanol–water partition coefficient (Wildman–Crippen LogP) is 2.12. The second kappa shape index (κ2) is 4.33. The number of hydrogen-bond acceptors (Lipinski definition) is 5. The van der Waals surface area contributed by atoms with Gasteiger partial charge in [0.15, 0.2) is 11.5 Å². The molecule has 3 aromatic heterocycles. The number of fused-ring (bicyclic) bond motifs is 1. The number of aryl methyl sites for hydroxylation is 1. The van der Waals surface area contributed by atoms with Crippen molar-refractivity contribution < 1.29 is 0 Å². The van der Waals surface area contributed by atoms with Gasteiger partial charge in [0.1, 0.15) is 5.52 Å². The van der Waals surface area contributed by atoms with Crippen LogP contribution in [-0.4, -0.2) is 29.7 Å². The molecule has 20 heavy (non-hydrogen) atoms. The highest BCUT2D eigenvalue weighted by atomic mass is 15.3. The van der Waals surface area contributed by atoms with E-state index < -0.39 is 0 Å². The van der Waals surface area contributed by atoms with Crippen LogP contribution in [0.5, 0.6) is 0 Å². The third-order valence-electron chi connectivity index (χ3n) is 3.12. The van der Waals surface area contributed by atoms with Crippen molar-refractivity contribution in [3.8, 4) is 11.4 Å². The SMILES string of the molecule is Cn1ncc(-c2ncc3nccnc3n2)c1C(C)(C)C. The van der Waals surface area contributed by atoms with Gasteiger partial charge in [-0.3, -0.25) is 4.68 Å². The van der Waals surface area contributed by atoms with Crippen LogP contribution >= 0.6 is 0 Å². The Labute approximate surface area is 116 Å². The maximum Gasteiger partial charge on any atom is 0.181 e. The molecule has 6 heteroatoms. The van der Waals surface area contributed by atoms with Gasteiger partial charge in [0.2, 0.25) is 0 Å². The van der Waals surface area contributed by atoms with Crippen LogP contribution in [0.15, 0.2) is 24.8 Å². The number of nitrogens with zero attached hydrogens (tertiary/aromatic N) is 6. The molecule has 0 amide bonds. The second-order valence-electron chi connectivity index (χ2n) is 5.74. The van der Waals surface area contributed by atoms with Crippen LogP contribution in [0, 0.1) is 0 Å². The Balaban J connectivity index is 2.21. The lowest BCUT2D eigenvalue weighted by molar-refractivity contribution is 0.524. The Bertz CT molecular complexity index is 769. The summed E-state index contributed by atoms with van der Waals surface area (Å²) >= 11 is 0. The topological polar surface area (TPSA) is 69.4 Å². The molecule has 102 valence electrons. The minimum Gasteiger partial charge on any atom is -0.271 e. The van der Waals surface area contributed by atoms with Crippen molar-refractivity contribution >= 4 is 11.2 Å². The summed E-state index contributed by atoms with van der Waals surface area (Å²) in [6, 6.07) is 0. The zero-order valence-electron chi connectivity index (χ0n) is 12.0. The van der Waals surface area contributed by atoms with Crippen molar-refractivity contribution in [3.05, 3.63) is 30.5 Å². The normalized spacial score (nSPS) is 12.0. The zero-order chi connectivity index (χ0) is 14.3. The summed E-state index contributed by atoms with van der Waals surface area (Å²) in [6.07, 6.45) is 6.77. The molecule has 3 rings (SSSR count). The van der Waals surface area contributed by atoms with Crippen molar-refractivity contribution in [3.63, 3.8) is 0 Å². The van der Waals surface area contributed by atoms with E-state index in [0.717, 1.165) is 11.3 Å². The van der Waals surface area contributed by atoms with Gasteiger partial charge in [-0.15, -0.1) is 0 Å². The first-order valence-corrected chi connectivity index (χ1v) is 6.43. The van der Waals surface area contributed by atoms with Crippen LogP contribution in [0.3, 0.4) is 0 Å². The van der Waals surface area contributed by atoms with Crippen molar-refractivity contribution in [1.82, 2.24) is 29.7 Å². The summed E-state index contributed by atoms with van der Waals surface area (Å²) in [4.78, 5) is 17.3. The Hall–Kier alpha value is -2.37. The smallest absolute Gasteiger partial charge is 0.181 e. The first kappa shape index (κ1) is 12.7.